The third-order valence-electron chi connectivity index (χ3n) is 4.51. The van der Waals surface area contributed by atoms with Gasteiger partial charge in [-0.05, 0) is 18.2 Å². The molecule has 3 aromatic rings. The number of nitrogens with zero attached hydrogens (tertiary/aromatic N) is 4. The minimum absolute atomic E-state index is 0.0867. The van der Waals surface area contributed by atoms with Crippen molar-refractivity contribution < 1.29 is 23.1 Å². The Balaban J connectivity index is 0.000000177. The Morgan fingerprint density at radius 2 is 2.07 bits per heavy atom. The van der Waals surface area contributed by atoms with Crippen LogP contribution in [0.15, 0.2) is 42.7 Å². The van der Waals surface area contributed by atoms with E-state index in [4.69, 9.17) is 10.5 Å². The largest absolute Gasteiger partial charge is 0.491 e. The number of halogens is 2. The standard InChI is InChI=1S/C10H10F2N4O.C10H11NO2/c11-9(12)1-2-16-8-3-7(10(13)17)14-4-6(8)5-15-16;1-11-8-4-2-3-5-9(8)13-7-6-10(11)12/h3-5,9H,1-2H2,(H2,13,17);2-5H,6-7H2,1H3. The minimum Gasteiger partial charge on any atom is -0.491 e. The smallest absolute Gasteiger partial charge is 0.267 e. The van der Waals surface area contributed by atoms with Gasteiger partial charge in [-0.25, -0.2) is 8.78 Å². The fourth-order valence-electron chi connectivity index (χ4n) is 2.91. The van der Waals surface area contributed by atoms with Crippen LogP contribution in [0.1, 0.15) is 23.3 Å². The number of amides is 2. The van der Waals surface area contributed by atoms with Crippen molar-refractivity contribution in [2.75, 3.05) is 18.6 Å². The minimum atomic E-state index is -2.38. The molecule has 158 valence electrons. The molecule has 0 spiro atoms. The molecule has 0 aliphatic carbocycles. The molecule has 0 radical (unpaired) electrons. The highest BCUT2D eigenvalue weighted by molar-refractivity contribution is 5.95. The summed E-state index contributed by atoms with van der Waals surface area (Å²) in [7, 11) is 1.77. The third-order valence-corrected chi connectivity index (χ3v) is 4.51. The third kappa shape index (κ3) is 4.88. The lowest BCUT2D eigenvalue weighted by Crippen LogP contribution is -2.24. The fourth-order valence-corrected chi connectivity index (χ4v) is 2.91. The van der Waals surface area contributed by atoms with E-state index in [9.17, 15) is 18.4 Å². The molecule has 1 aromatic carbocycles. The maximum Gasteiger partial charge on any atom is 0.267 e. The Hall–Kier alpha value is -3.56. The average Bonchev–Trinajstić information content (AvgIpc) is 3.08. The van der Waals surface area contributed by atoms with E-state index in [0.29, 0.717) is 23.9 Å². The number of pyridine rings is 1. The zero-order valence-electron chi connectivity index (χ0n) is 16.3. The number of alkyl halides is 2. The summed E-state index contributed by atoms with van der Waals surface area (Å²) in [5.41, 5.74) is 6.62. The molecular weight excluding hydrogens is 396 g/mol. The van der Waals surface area contributed by atoms with Gasteiger partial charge >= 0.3 is 0 Å². The second-order valence-electron chi connectivity index (χ2n) is 6.56. The van der Waals surface area contributed by atoms with Crippen LogP contribution >= 0.6 is 0 Å². The number of nitrogens with two attached hydrogens (primary N) is 1. The van der Waals surface area contributed by atoms with Crippen LogP contribution in [0.2, 0.25) is 0 Å². The molecule has 4 rings (SSSR count). The van der Waals surface area contributed by atoms with E-state index in [1.807, 2.05) is 24.3 Å². The van der Waals surface area contributed by atoms with Crippen molar-refractivity contribution in [3.63, 3.8) is 0 Å². The number of primary amides is 1. The van der Waals surface area contributed by atoms with Gasteiger partial charge in [0.05, 0.1) is 30.4 Å². The molecule has 8 nitrogen and oxygen atoms in total. The summed E-state index contributed by atoms with van der Waals surface area (Å²) in [6.45, 7) is 0.559. The van der Waals surface area contributed by atoms with Crippen molar-refractivity contribution in [3.05, 3.63) is 48.4 Å². The highest BCUT2D eigenvalue weighted by atomic mass is 19.3. The monoisotopic (exact) mass is 417 g/mol. The van der Waals surface area contributed by atoms with Gasteiger partial charge in [-0.15, -0.1) is 0 Å². The Bertz CT molecular complexity index is 1050. The van der Waals surface area contributed by atoms with Crippen LogP contribution in [0.25, 0.3) is 10.9 Å². The molecule has 0 bridgehead atoms. The lowest BCUT2D eigenvalue weighted by molar-refractivity contribution is -0.118. The Labute approximate surface area is 171 Å². The number of rotatable bonds is 4. The van der Waals surface area contributed by atoms with E-state index in [2.05, 4.69) is 10.1 Å². The number of ether oxygens (including phenoxy) is 1. The second kappa shape index (κ2) is 9.29. The van der Waals surface area contributed by atoms with Crippen molar-refractivity contribution in [3.8, 4) is 5.75 Å². The molecule has 10 heteroatoms. The Kier molecular flexibility index (Phi) is 6.55. The number of hydrogen-bond acceptors (Lipinski definition) is 5. The second-order valence-corrected chi connectivity index (χ2v) is 6.56. The first-order chi connectivity index (χ1) is 14.4. The van der Waals surface area contributed by atoms with Gasteiger partial charge in [0, 0.05) is 31.6 Å². The van der Waals surface area contributed by atoms with Crippen LogP contribution in [0.4, 0.5) is 14.5 Å². The molecule has 0 atom stereocenters. The average molecular weight is 417 g/mol. The van der Waals surface area contributed by atoms with Gasteiger partial charge in [0.1, 0.15) is 11.4 Å². The van der Waals surface area contributed by atoms with Gasteiger partial charge in [-0.3, -0.25) is 19.3 Å². The highest BCUT2D eigenvalue weighted by Gasteiger charge is 2.18. The van der Waals surface area contributed by atoms with E-state index in [-0.39, 0.29) is 24.6 Å². The summed E-state index contributed by atoms with van der Waals surface area (Å²) in [6, 6.07) is 9.03. The van der Waals surface area contributed by atoms with Crippen LogP contribution in [-0.4, -0.2) is 46.7 Å². The number of aromatic nitrogens is 3. The zero-order chi connectivity index (χ0) is 21.7. The molecule has 0 unspecified atom stereocenters. The van der Waals surface area contributed by atoms with E-state index in [0.717, 1.165) is 11.4 Å². The quantitative estimate of drug-likeness (QED) is 0.703. The van der Waals surface area contributed by atoms with Crippen molar-refractivity contribution >= 4 is 28.4 Å². The first-order valence-corrected chi connectivity index (χ1v) is 9.24. The van der Waals surface area contributed by atoms with Crippen LogP contribution < -0.4 is 15.4 Å². The molecule has 0 saturated heterocycles. The Morgan fingerprint density at radius 1 is 1.30 bits per heavy atom. The first kappa shape index (κ1) is 21.2. The molecule has 1 aliphatic heterocycles. The summed E-state index contributed by atoms with van der Waals surface area (Å²) in [5.74, 6) is 0.231. The number of carbonyl (C=O) groups excluding carboxylic acids is 2. The van der Waals surface area contributed by atoms with Gasteiger partial charge in [0.15, 0.2) is 0 Å². The number of anilines is 1. The van der Waals surface area contributed by atoms with Gasteiger partial charge in [-0.2, -0.15) is 5.10 Å². The number of para-hydroxylation sites is 2. The van der Waals surface area contributed by atoms with E-state index in [1.165, 1.54) is 23.1 Å². The number of benzene rings is 1. The fraction of sp³-hybridized carbons (Fsp3) is 0.300. The highest BCUT2D eigenvalue weighted by Crippen LogP contribution is 2.29. The summed E-state index contributed by atoms with van der Waals surface area (Å²) in [6.07, 6.45) is 0.738. The predicted octanol–water partition coefficient (Wildman–Crippen LogP) is 2.62. The van der Waals surface area contributed by atoms with Crippen molar-refractivity contribution in [2.45, 2.75) is 25.8 Å². The predicted molar refractivity (Wildman–Crippen MR) is 107 cm³/mol. The molecular formula is C20H21F2N5O3. The normalized spacial score (nSPS) is 13.3. The maximum atomic E-state index is 12.1. The molecule has 2 N–H and O–H groups in total. The maximum absolute atomic E-state index is 12.1. The molecule has 1 aliphatic rings. The van der Waals surface area contributed by atoms with Crippen LogP contribution in [0.3, 0.4) is 0 Å². The van der Waals surface area contributed by atoms with E-state index in [1.54, 1.807) is 11.9 Å². The van der Waals surface area contributed by atoms with Crippen molar-refractivity contribution in [1.29, 1.82) is 0 Å². The van der Waals surface area contributed by atoms with Gasteiger partial charge in [0.25, 0.3) is 5.91 Å². The van der Waals surface area contributed by atoms with Crippen molar-refractivity contribution in [1.82, 2.24) is 14.8 Å². The zero-order valence-corrected chi connectivity index (χ0v) is 16.3. The van der Waals surface area contributed by atoms with Crippen LogP contribution in [0.5, 0.6) is 5.75 Å². The molecule has 2 aromatic heterocycles. The van der Waals surface area contributed by atoms with Crippen molar-refractivity contribution in [2.24, 2.45) is 5.73 Å². The summed E-state index contributed by atoms with van der Waals surface area (Å²) in [5, 5.41) is 4.64. The number of fused-ring (bicyclic) bond motifs is 2. The van der Waals surface area contributed by atoms with Crippen LogP contribution in [-0.2, 0) is 11.3 Å². The molecule has 30 heavy (non-hydrogen) atoms. The van der Waals surface area contributed by atoms with Crippen LogP contribution in [0, 0.1) is 0 Å². The summed E-state index contributed by atoms with van der Waals surface area (Å²) >= 11 is 0. The van der Waals surface area contributed by atoms with E-state index < -0.39 is 12.3 Å². The number of hydrogen-bond donors (Lipinski definition) is 1. The lowest BCUT2D eigenvalue weighted by atomic mass is 10.2. The van der Waals surface area contributed by atoms with Gasteiger partial charge < -0.3 is 15.4 Å². The summed E-state index contributed by atoms with van der Waals surface area (Å²) in [4.78, 5) is 27.9. The molecule has 3 heterocycles. The topological polar surface area (TPSA) is 103 Å². The SMILES string of the molecule is CN1C(=O)CCOc2ccccc21.NC(=O)c1cc2c(cn1)cnn2CCC(F)F. The molecule has 0 saturated carbocycles. The molecule has 2 amide bonds. The first-order valence-electron chi connectivity index (χ1n) is 9.24. The Morgan fingerprint density at radius 3 is 2.80 bits per heavy atom. The number of carbonyl (C=O) groups is 2. The lowest BCUT2D eigenvalue weighted by Gasteiger charge is -2.15. The summed E-state index contributed by atoms with van der Waals surface area (Å²) < 4.78 is 31.1. The van der Waals surface area contributed by atoms with Gasteiger partial charge in [0.2, 0.25) is 12.3 Å². The van der Waals surface area contributed by atoms with E-state index >= 15 is 0 Å². The van der Waals surface area contributed by atoms with Gasteiger partial charge in [-0.1, -0.05) is 12.1 Å². The molecule has 0 fully saturated rings. The number of aryl methyl sites for hydroxylation is 1.